The van der Waals surface area contributed by atoms with Crippen molar-refractivity contribution in [1.29, 1.82) is 5.26 Å². The number of ether oxygens (including phenoxy) is 1. The Balaban J connectivity index is 1.97. The van der Waals surface area contributed by atoms with E-state index in [9.17, 15) is 9.65 Å². The second-order valence-electron chi connectivity index (χ2n) is 5.23. The Bertz CT molecular complexity index is 465. The van der Waals surface area contributed by atoms with Crippen LogP contribution in [0.4, 0.5) is 4.39 Å². The van der Waals surface area contributed by atoms with Crippen molar-refractivity contribution in [2.24, 2.45) is 0 Å². The van der Waals surface area contributed by atoms with Gasteiger partial charge in [-0.3, -0.25) is 5.32 Å². The van der Waals surface area contributed by atoms with Crippen LogP contribution in [-0.2, 0) is 11.2 Å². The molecule has 0 amide bonds. The summed E-state index contributed by atoms with van der Waals surface area (Å²) in [6.07, 6.45) is 2.62. The summed E-state index contributed by atoms with van der Waals surface area (Å²) in [4.78, 5) is 0. The molecule has 102 valence electrons. The quantitative estimate of drug-likeness (QED) is 0.886. The smallest absolute Gasteiger partial charge is 0.126 e. The van der Waals surface area contributed by atoms with Gasteiger partial charge in [0.25, 0.3) is 0 Å². The summed E-state index contributed by atoms with van der Waals surface area (Å²) in [6.45, 7) is 3.23. The van der Waals surface area contributed by atoms with Crippen molar-refractivity contribution in [3.8, 4) is 6.07 Å². The van der Waals surface area contributed by atoms with Gasteiger partial charge in [-0.25, -0.2) is 4.39 Å². The number of nitrogens with one attached hydrogen (secondary N) is 1. The zero-order chi connectivity index (χ0) is 13.7. The minimum absolute atomic E-state index is 0.174. The molecule has 0 spiro atoms. The molecule has 1 aliphatic heterocycles. The molecule has 0 aliphatic carbocycles. The van der Waals surface area contributed by atoms with Gasteiger partial charge in [0.1, 0.15) is 11.4 Å². The standard InChI is InChI=1S/C15H19FN2O/c1-15(11-17,18-10-13-6-4-8-19-13)9-12-5-2-3-7-14(12)16/h2-3,5,7,13,18H,4,6,8-10H2,1H3. The monoisotopic (exact) mass is 262 g/mol. The highest BCUT2D eigenvalue weighted by Gasteiger charge is 2.27. The molecule has 1 fully saturated rings. The van der Waals surface area contributed by atoms with E-state index in [1.807, 2.05) is 0 Å². The van der Waals surface area contributed by atoms with E-state index in [0.29, 0.717) is 18.5 Å². The maximum atomic E-state index is 13.6. The van der Waals surface area contributed by atoms with Crippen LogP contribution >= 0.6 is 0 Å². The molecule has 1 aliphatic rings. The molecule has 0 radical (unpaired) electrons. The number of halogens is 1. The number of hydrogen-bond donors (Lipinski definition) is 1. The van der Waals surface area contributed by atoms with Crippen LogP contribution in [0.25, 0.3) is 0 Å². The molecule has 2 rings (SSSR count). The van der Waals surface area contributed by atoms with E-state index in [-0.39, 0.29) is 11.9 Å². The minimum Gasteiger partial charge on any atom is -0.377 e. The molecule has 1 saturated heterocycles. The average molecular weight is 262 g/mol. The third kappa shape index (κ3) is 3.76. The fraction of sp³-hybridized carbons (Fsp3) is 0.533. The molecule has 4 heteroatoms. The largest absolute Gasteiger partial charge is 0.377 e. The third-order valence-corrected chi connectivity index (χ3v) is 3.49. The van der Waals surface area contributed by atoms with Crippen LogP contribution in [0.5, 0.6) is 0 Å². The highest BCUT2D eigenvalue weighted by molar-refractivity contribution is 5.23. The van der Waals surface area contributed by atoms with E-state index in [2.05, 4.69) is 11.4 Å². The van der Waals surface area contributed by atoms with E-state index < -0.39 is 5.54 Å². The summed E-state index contributed by atoms with van der Waals surface area (Å²) in [7, 11) is 0. The van der Waals surface area contributed by atoms with Crippen LogP contribution in [-0.4, -0.2) is 24.8 Å². The van der Waals surface area contributed by atoms with Crippen LogP contribution in [0.1, 0.15) is 25.3 Å². The molecule has 1 N–H and O–H groups in total. The topological polar surface area (TPSA) is 45.0 Å². The molecule has 0 aromatic heterocycles. The summed E-state index contributed by atoms with van der Waals surface area (Å²) in [5.74, 6) is -0.261. The number of rotatable bonds is 5. The van der Waals surface area contributed by atoms with Gasteiger partial charge >= 0.3 is 0 Å². The van der Waals surface area contributed by atoms with Gasteiger partial charge in [0, 0.05) is 19.6 Å². The highest BCUT2D eigenvalue weighted by Crippen LogP contribution is 2.17. The predicted octanol–water partition coefficient (Wildman–Crippen LogP) is 2.42. The lowest BCUT2D eigenvalue weighted by molar-refractivity contribution is 0.105. The minimum atomic E-state index is -0.770. The maximum Gasteiger partial charge on any atom is 0.126 e. The lowest BCUT2D eigenvalue weighted by Gasteiger charge is -2.25. The first-order valence-electron chi connectivity index (χ1n) is 6.64. The van der Waals surface area contributed by atoms with Gasteiger partial charge in [-0.2, -0.15) is 5.26 Å². The van der Waals surface area contributed by atoms with E-state index in [0.717, 1.165) is 19.4 Å². The zero-order valence-corrected chi connectivity index (χ0v) is 11.2. The Morgan fingerprint density at radius 2 is 2.32 bits per heavy atom. The molecule has 0 bridgehead atoms. The average Bonchev–Trinajstić information content (AvgIpc) is 2.93. The molecule has 1 heterocycles. The van der Waals surface area contributed by atoms with Crippen molar-refractivity contribution in [1.82, 2.24) is 5.32 Å². The summed E-state index contributed by atoms with van der Waals surface area (Å²) >= 11 is 0. The van der Waals surface area contributed by atoms with Crippen molar-refractivity contribution in [3.63, 3.8) is 0 Å². The number of hydrogen-bond acceptors (Lipinski definition) is 3. The van der Waals surface area contributed by atoms with E-state index in [1.54, 1.807) is 25.1 Å². The van der Waals surface area contributed by atoms with Gasteiger partial charge in [-0.05, 0) is 31.4 Å². The van der Waals surface area contributed by atoms with Gasteiger partial charge in [-0.15, -0.1) is 0 Å². The fourth-order valence-corrected chi connectivity index (χ4v) is 2.31. The number of nitriles is 1. The SMILES string of the molecule is CC(C#N)(Cc1ccccc1F)NCC1CCCO1. The second kappa shape index (κ2) is 6.14. The summed E-state index contributed by atoms with van der Waals surface area (Å²) in [5.41, 5.74) is -0.208. The molecular formula is C15H19FN2O. The summed E-state index contributed by atoms with van der Waals surface area (Å²) in [5, 5.41) is 12.5. The molecule has 2 atom stereocenters. The molecular weight excluding hydrogens is 243 g/mol. The first-order chi connectivity index (χ1) is 9.13. The Labute approximate surface area is 113 Å². The van der Waals surface area contributed by atoms with Crippen molar-refractivity contribution < 1.29 is 9.13 Å². The Kier molecular flexibility index (Phi) is 4.52. The molecule has 0 saturated carbocycles. The third-order valence-electron chi connectivity index (χ3n) is 3.49. The second-order valence-corrected chi connectivity index (χ2v) is 5.23. The molecule has 1 aromatic carbocycles. The van der Waals surface area contributed by atoms with Crippen LogP contribution in [0.3, 0.4) is 0 Å². The van der Waals surface area contributed by atoms with Crippen LogP contribution in [0.2, 0.25) is 0 Å². The van der Waals surface area contributed by atoms with Crippen molar-refractivity contribution in [2.45, 2.75) is 37.8 Å². The Hall–Kier alpha value is -1.44. The van der Waals surface area contributed by atoms with E-state index in [4.69, 9.17) is 4.74 Å². The first-order valence-corrected chi connectivity index (χ1v) is 6.64. The maximum absolute atomic E-state index is 13.6. The van der Waals surface area contributed by atoms with Crippen LogP contribution in [0.15, 0.2) is 24.3 Å². The number of nitrogens with zero attached hydrogens (tertiary/aromatic N) is 1. The van der Waals surface area contributed by atoms with Crippen LogP contribution < -0.4 is 5.32 Å². The van der Waals surface area contributed by atoms with Crippen molar-refractivity contribution in [3.05, 3.63) is 35.6 Å². The summed E-state index contributed by atoms with van der Waals surface area (Å²) in [6, 6.07) is 8.83. The van der Waals surface area contributed by atoms with Gasteiger partial charge in [0.2, 0.25) is 0 Å². The zero-order valence-electron chi connectivity index (χ0n) is 11.2. The van der Waals surface area contributed by atoms with Gasteiger partial charge in [0.15, 0.2) is 0 Å². The molecule has 3 nitrogen and oxygen atoms in total. The van der Waals surface area contributed by atoms with Gasteiger partial charge < -0.3 is 4.74 Å². The van der Waals surface area contributed by atoms with Gasteiger partial charge in [0.05, 0.1) is 12.2 Å². The van der Waals surface area contributed by atoms with Crippen molar-refractivity contribution >= 4 is 0 Å². The fourth-order valence-electron chi connectivity index (χ4n) is 2.31. The summed E-state index contributed by atoms with van der Waals surface area (Å²) < 4.78 is 19.2. The first kappa shape index (κ1) is 14.0. The Morgan fingerprint density at radius 3 is 2.95 bits per heavy atom. The number of benzene rings is 1. The predicted molar refractivity (Wildman–Crippen MR) is 71.1 cm³/mol. The normalized spacial score (nSPS) is 21.8. The van der Waals surface area contributed by atoms with E-state index >= 15 is 0 Å². The Morgan fingerprint density at radius 1 is 1.53 bits per heavy atom. The van der Waals surface area contributed by atoms with Gasteiger partial charge in [-0.1, -0.05) is 18.2 Å². The van der Waals surface area contributed by atoms with Crippen LogP contribution in [0, 0.1) is 17.1 Å². The van der Waals surface area contributed by atoms with Crippen molar-refractivity contribution in [2.75, 3.05) is 13.2 Å². The molecule has 19 heavy (non-hydrogen) atoms. The lowest BCUT2D eigenvalue weighted by atomic mass is 9.93. The highest BCUT2D eigenvalue weighted by atomic mass is 19.1. The lowest BCUT2D eigenvalue weighted by Crippen LogP contribution is -2.46. The molecule has 1 aromatic rings. The molecule has 2 unspecified atom stereocenters. The van der Waals surface area contributed by atoms with E-state index in [1.165, 1.54) is 6.07 Å².